The molecule has 0 spiro atoms. The van der Waals surface area contributed by atoms with E-state index in [1.165, 1.54) is 17.0 Å². The van der Waals surface area contributed by atoms with Gasteiger partial charge in [0.15, 0.2) is 0 Å². The highest BCUT2D eigenvalue weighted by Crippen LogP contribution is 2.23. The molecule has 2 amide bonds. The number of amides is 2. The quantitative estimate of drug-likeness (QED) is 0.402. The summed E-state index contributed by atoms with van der Waals surface area (Å²) in [5.41, 5.74) is 2.54. The number of likely N-dealkylation sites (tertiary alicyclic amines) is 1. The summed E-state index contributed by atoms with van der Waals surface area (Å²) in [5.74, 6) is 0. The van der Waals surface area contributed by atoms with Crippen LogP contribution in [-0.4, -0.2) is 50.7 Å². The van der Waals surface area contributed by atoms with Crippen LogP contribution in [0.25, 0.3) is 0 Å². The van der Waals surface area contributed by atoms with E-state index in [1.54, 1.807) is 12.1 Å². The van der Waals surface area contributed by atoms with Crippen LogP contribution in [0.3, 0.4) is 0 Å². The third-order valence-electron chi connectivity index (χ3n) is 6.21. The predicted molar refractivity (Wildman–Crippen MR) is 140 cm³/mol. The molecule has 1 aliphatic rings. The summed E-state index contributed by atoms with van der Waals surface area (Å²) in [7, 11) is -4.09. The van der Waals surface area contributed by atoms with Gasteiger partial charge in [0.05, 0.1) is 23.6 Å². The standard InChI is InChI=1S/C28H30N2O7S/c1-21-12-14-24(15-13-21)38(33,34)37-20-26-25(29-27(31)35-18-22-8-4-2-5-9-22)16-17-30(26)28(32)36-19-23-10-6-3-7-11-23/h2-15,25-26H,16-20H2,1H3,(H,29,31)/t25-,26?/m1/s1. The van der Waals surface area contributed by atoms with Crippen LogP contribution in [0, 0.1) is 6.92 Å². The summed E-state index contributed by atoms with van der Waals surface area (Å²) in [6.45, 7) is 1.87. The largest absolute Gasteiger partial charge is 0.445 e. The number of alkyl carbamates (subject to hydrolysis) is 1. The van der Waals surface area contributed by atoms with E-state index >= 15 is 0 Å². The summed E-state index contributed by atoms with van der Waals surface area (Å²) >= 11 is 0. The molecule has 1 fully saturated rings. The van der Waals surface area contributed by atoms with Crippen LogP contribution < -0.4 is 5.32 Å². The Morgan fingerprint density at radius 1 is 0.868 bits per heavy atom. The molecule has 0 saturated carbocycles. The molecule has 3 aromatic carbocycles. The van der Waals surface area contributed by atoms with E-state index in [0.29, 0.717) is 6.42 Å². The molecule has 1 N–H and O–H groups in total. The van der Waals surface area contributed by atoms with Crippen LogP contribution >= 0.6 is 0 Å². The highest BCUT2D eigenvalue weighted by Gasteiger charge is 2.40. The first-order chi connectivity index (χ1) is 18.3. The number of hydrogen-bond acceptors (Lipinski definition) is 7. The van der Waals surface area contributed by atoms with Gasteiger partial charge >= 0.3 is 12.2 Å². The lowest BCUT2D eigenvalue weighted by Gasteiger charge is -2.27. The summed E-state index contributed by atoms with van der Waals surface area (Å²) in [5, 5.41) is 2.76. The lowest BCUT2D eigenvalue weighted by atomic mass is 10.1. The molecule has 2 atom stereocenters. The van der Waals surface area contributed by atoms with Crippen LogP contribution in [0.1, 0.15) is 23.1 Å². The minimum Gasteiger partial charge on any atom is -0.445 e. The third-order valence-corrected chi connectivity index (χ3v) is 7.50. The Hall–Kier alpha value is -3.89. The van der Waals surface area contributed by atoms with Gasteiger partial charge in [-0.3, -0.25) is 4.18 Å². The van der Waals surface area contributed by atoms with Crippen molar-refractivity contribution in [2.45, 2.75) is 43.5 Å². The molecule has 0 bridgehead atoms. The van der Waals surface area contributed by atoms with Crippen molar-refractivity contribution in [3.63, 3.8) is 0 Å². The molecule has 1 saturated heterocycles. The van der Waals surface area contributed by atoms with Gasteiger partial charge in [-0.2, -0.15) is 8.42 Å². The molecule has 0 radical (unpaired) electrons. The normalized spacial score (nSPS) is 17.1. The second kappa shape index (κ2) is 12.6. The molecule has 4 rings (SSSR count). The molecule has 0 aromatic heterocycles. The van der Waals surface area contributed by atoms with Crippen molar-refractivity contribution in [2.24, 2.45) is 0 Å². The Kier molecular flexibility index (Phi) is 8.98. The lowest BCUT2D eigenvalue weighted by Crippen LogP contribution is -2.49. The van der Waals surface area contributed by atoms with Gasteiger partial charge in [0.2, 0.25) is 0 Å². The zero-order valence-electron chi connectivity index (χ0n) is 21.0. The van der Waals surface area contributed by atoms with Gasteiger partial charge in [-0.05, 0) is 36.6 Å². The van der Waals surface area contributed by atoms with Crippen molar-refractivity contribution in [2.75, 3.05) is 13.2 Å². The SMILES string of the molecule is Cc1ccc(S(=O)(=O)OCC2[C@H](NC(=O)OCc3ccccc3)CCN2C(=O)OCc2ccccc2)cc1. The van der Waals surface area contributed by atoms with E-state index in [-0.39, 0.29) is 31.3 Å². The van der Waals surface area contributed by atoms with Crippen molar-refractivity contribution in [3.8, 4) is 0 Å². The number of ether oxygens (including phenoxy) is 2. The van der Waals surface area contributed by atoms with Gasteiger partial charge in [-0.1, -0.05) is 78.4 Å². The van der Waals surface area contributed by atoms with E-state index < -0.39 is 34.4 Å². The van der Waals surface area contributed by atoms with Gasteiger partial charge in [0.25, 0.3) is 10.1 Å². The maximum Gasteiger partial charge on any atom is 0.410 e. The fraction of sp³-hybridized carbons (Fsp3) is 0.286. The minimum atomic E-state index is -4.09. The molecule has 1 heterocycles. The summed E-state index contributed by atoms with van der Waals surface area (Å²) in [4.78, 5) is 26.9. The highest BCUT2D eigenvalue weighted by atomic mass is 32.2. The molecule has 1 unspecified atom stereocenters. The number of aryl methyl sites for hydroxylation is 1. The average molecular weight is 539 g/mol. The van der Waals surface area contributed by atoms with Crippen LogP contribution in [0.5, 0.6) is 0 Å². The van der Waals surface area contributed by atoms with Gasteiger partial charge in [-0.15, -0.1) is 0 Å². The first-order valence-corrected chi connectivity index (χ1v) is 13.6. The zero-order valence-corrected chi connectivity index (χ0v) is 21.8. The first-order valence-electron chi connectivity index (χ1n) is 12.2. The third kappa shape index (κ3) is 7.33. The molecule has 1 aliphatic heterocycles. The first kappa shape index (κ1) is 27.2. The van der Waals surface area contributed by atoms with E-state index in [0.717, 1.165) is 16.7 Å². The summed E-state index contributed by atoms with van der Waals surface area (Å²) in [6, 6.07) is 23.3. The number of carbonyl (C=O) groups is 2. The fourth-order valence-corrected chi connectivity index (χ4v) is 5.03. The highest BCUT2D eigenvalue weighted by molar-refractivity contribution is 7.86. The molecule has 38 heavy (non-hydrogen) atoms. The summed E-state index contributed by atoms with van der Waals surface area (Å²) < 4.78 is 41.8. The van der Waals surface area contributed by atoms with E-state index in [4.69, 9.17) is 13.7 Å². The molecule has 200 valence electrons. The molecule has 3 aromatic rings. The maximum absolute atomic E-state index is 13.0. The van der Waals surface area contributed by atoms with Crippen LogP contribution in [0.15, 0.2) is 89.8 Å². The number of hydrogen-bond donors (Lipinski definition) is 1. The Morgan fingerprint density at radius 2 is 1.45 bits per heavy atom. The molecular formula is C28H30N2O7S. The zero-order chi connectivity index (χ0) is 27.0. The van der Waals surface area contributed by atoms with Gasteiger partial charge in [0.1, 0.15) is 13.2 Å². The monoisotopic (exact) mass is 538 g/mol. The summed E-state index contributed by atoms with van der Waals surface area (Å²) in [6.07, 6.45) is -0.929. The topological polar surface area (TPSA) is 111 Å². The van der Waals surface area contributed by atoms with Crippen molar-refractivity contribution in [3.05, 3.63) is 102 Å². The number of benzene rings is 3. The Labute approximate surface area is 222 Å². The Bertz CT molecular complexity index is 1320. The number of carbonyl (C=O) groups excluding carboxylic acids is 2. The smallest absolute Gasteiger partial charge is 0.410 e. The van der Waals surface area contributed by atoms with Gasteiger partial charge < -0.3 is 19.7 Å². The molecular weight excluding hydrogens is 508 g/mol. The maximum atomic E-state index is 13.0. The fourth-order valence-electron chi connectivity index (χ4n) is 4.11. The number of nitrogens with zero attached hydrogens (tertiary/aromatic N) is 1. The Balaban J connectivity index is 1.43. The van der Waals surface area contributed by atoms with Gasteiger partial charge in [0, 0.05) is 6.54 Å². The Morgan fingerprint density at radius 3 is 2.05 bits per heavy atom. The molecule has 9 nitrogen and oxygen atoms in total. The van der Waals surface area contributed by atoms with Gasteiger partial charge in [-0.25, -0.2) is 9.59 Å². The van der Waals surface area contributed by atoms with Crippen molar-refractivity contribution in [1.82, 2.24) is 10.2 Å². The lowest BCUT2D eigenvalue weighted by molar-refractivity contribution is 0.0776. The number of rotatable bonds is 9. The molecule has 0 aliphatic carbocycles. The predicted octanol–water partition coefficient (Wildman–Crippen LogP) is 4.41. The second-order valence-corrected chi connectivity index (χ2v) is 10.6. The van der Waals surface area contributed by atoms with Crippen LogP contribution in [0.2, 0.25) is 0 Å². The van der Waals surface area contributed by atoms with E-state index in [1.807, 2.05) is 67.6 Å². The van der Waals surface area contributed by atoms with E-state index in [2.05, 4.69) is 5.32 Å². The van der Waals surface area contributed by atoms with E-state index in [9.17, 15) is 18.0 Å². The van der Waals surface area contributed by atoms with Crippen molar-refractivity contribution < 1.29 is 31.7 Å². The van der Waals surface area contributed by atoms with Crippen molar-refractivity contribution in [1.29, 1.82) is 0 Å². The second-order valence-electron chi connectivity index (χ2n) is 8.95. The number of nitrogens with one attached hydrogen (secondary N) is 1. The van der Waals surface area contributed by atoms with Crippen LogP contribution in [-0.2, 0) is 37.0 Å². The minimum absolute atomic E-state index is 0.00563. The van der Waals surface area contributed by atoms with Crippen molar-refractivity contribution >= 4 is 22.3 Å². The molecule has 10 heteroatoms. The average Bonchev–Trinajstić information content (AvgIpc) is 3.33. The van der Waals surface area contributed by atoms with Crippen LogP contribution in [0.4, 0.5) is 9.59 Å².